The third-order valence-electron chi connectivity index (χ3n) is 4.97. The van der Waals surface area contributed by atoms with E-state index in [9.17, 15) is 12.8 Å². The molecule has 6 nitrogen and oxygen atoms in total. The number of benzene rings is 2. The highest BCUT2D eigenvalue weighted by atomic mass is 32.2. The molecule has 2 aromatic carbocycles. The smallest absolute Gasteiger partial charge is 0.262 e. The number of imidazole rings is 1. The zero-order valence-electron chi connectivity index (χ0n) is 15.4. The van der Waals surface area contributed by atoms with Crippen molar-refractivity contribution in [1.82, 2.24) is 13.9 Å². The third kappa shape index (κ3) is 3.65. The van der Waals surface area contributed by atoms with Gasteiger partial charge in [-0.1, -0.05) is 30.3 Å². The van der Waals surface area contributed by atoms with E-state index in [4.69, 9.17) is 0 Å². The molecule has 0 saturated carbocycles. The molecule has 0 bridgehead atoms. The lowest BCUT2D eigenvalue weighted by Crippen LogP contribution is -2.32. The van der Waals surface area contributed by atoms with Gasteiger partial charge in [0.1, 0.15) is 5.82 Å². The molecular weight excluding hydrogens is 379 g/mol. The average Bonchev–Trinajstić information content (AvgIpc) is 3.30. The molecule has 1 aliphatic heterocycles. The molecule has 8 heteroatoms. The summed E-state index contributed by atoms with van der Waals surface area (Å²) >= 11 is 0. The molecule has 1 fully saturated rings. The molecule has 4 rings (SSSR count). The number of sulfonamides is 1. The van der Waals surface area contributed by atoms with Crippen LogP contribution in [0.1, 0.15) is 11.5 Å². The van der Waals surface area contributed by atoms with Crippen LogP contribution >= 0.6 is 0 Å². The first-order valence-corrected chi connectivity index (χ1v) is 10.4. The van der Waals surface area contributed by atoms with Crippen LogP contribution in [0.15, 0.2) is 72.1 Å². The summed E-state index contributed by atoms with van der Waals surface area (Å²) in [6.07, 6.45) is 2.96. The molecule has 146 valence electrons. The van der Waals surface area contributed by atoms with E-state index in [2.05, 4.69) is 10.3 Å². The number of para-hydroxylation sites is 1. The minimum absolute atomic E-state index is 0.0216. The second-order valence-corrected chi connectivity index (χ2v) is 8.86. The maximum absolute atomic E-state index is 13.8. The fraction of sp³-hybridized carbons (Fsp3) is 0.250. The van der Waals surface area contributed by atoms with Crippen molar-refractivity contribution in [3.05, 3.63) is 78.5 Å². The highest BCUT2D eigenvalue weighted by molar-refractivity contribution is 7.89. The van der Waals surface area contributed by atoms with Crippen LogP contribution in [-0.2, 0) is 17.1 Å². The van der Waals surface area contributed by atoms with Crippen LogP contribution in [0.2, 0.25) is 0 Å². The fourth-order valence-corrected chi connectivity index (χ4v) is 5.05. The normalized spacial score (nSPS) is 20.4. The number of nitrogens with one attached hydrogen (secondary N) is 1. The summed E-state index contributed by atoms with van der Waals surface area (Å²) in [7, 11) is -2.00. The Labute approximate surface area is 163 Å². The summed E-state index contributed by atoms with van der Waals surface area (Å²) in [5, 5.41) is 3.44. The summed E-state index contributed by atoms with van der Waals surface area (Å²) in [4.78, 5) is 4.01. The second kappa shape index (κ2) is 7.37. The van der Waals surface area contributed by atoms with Crippen LogP contribution in [0.25, 0.3) is 0 Å². The lowest BCUT2D eigenvalue weighted by molar-refractivity contribution is 0.468. The largest absolute Gasteiger partial charge is 0.380 e. The Hall–Kier alpha value is -2.71. The van der Waals surface area contributed by atoms with Gasteiger partial charge in [-0.15, -0.1) is 0 Å². The molecule has 0 unspecified atom stereocenters. The Bertz CT molecular complexity index is 1070. The standard InChI is InChI=1S/C20H21FN4O2S/c1-24-13-20(22-14-24)28(26,27)25-11-18(15-6-5-7-16(21)10-15)19(12-25)23-17-8-3-2-4-9-17/h2-10,13-14,18-19,23H,11-12H2,1H3/t18-,19+/m1/s1. The number of halogens is 1. The van der Waals surface area contributed by atoms with E-state index in [1.165, 1.54) is 29.0 Å². The summed E-state index contributed by atoms with van der Waals surface area (Å²) < 4.78 is 42.9. The number of aromatic nitrogens is 2. The van der Waals surface area contributed by atoms with Crippen LogP contribution in [0.4, 0.5) is 10.1 Å². The molecule has 0 radical (unpaired) electrons. The molecule has 1 aromatic heterocycles. The van der Waals surface area contributed by atoms with Crippen LogP contribution in [0.5, 0.6) is 0 Å². The van der Waals surface area contributed by atoms with E-state index in [-0.39, 0.29) is 35.9 Å². The molecule has 0 spiro atoms. The molecule has 28 heavy (non-hydrogen) atoms. The van der Waals surface area contributed by atoms with Crippen molar-refractivity contribution in [2.24, 2.45) is 7.05 Å². The molecule has 0 amide bonds. The average molecular weight is 400 g/mol. The lowest BCUT2D eigenvalue weighted by atomic mass is 9.94. The Balaban J connectivity index is 1.66. The summed E-state index contributed by atoms with van der Waals surface area (Å²) in [6.45, 7) is 0.530. The number of nitrogens with zero attached hydrogens (tertiary/aromatic N) is 3. The van der Waals surface area contributed by atoms with Gasteiger partial charge < -0.3 is 9.88 Å². The van der Waals surface area contributed by atoms with Gasteiger partial charge in [-0.05, 0) is 29.8 Å². The molecule has 0 aliphatic carbocycles. The SMILES string of the molecule is Cn1cnc(S(=O)(=O)N2C[C@H](Nc3ccccc3)[C@@H](c3cccc(F)c3)C2)c1. The zero-order chi connectivity index (χ0) is 19.7. The van der Waals surface area contributed by atoms with Crippen molar-refractivity contribution >= 4 is 15.7 Å². The second-order valence-electron chi connectivity index (χ2n) is 6.98. The molecule has 1 saturated heterocycles. The number of anilines is 1. The highest BCUT2D eigenvalue weighted by Gasteiger charge is 2.41. The minimum atomic E-state index is -3.73. The monoisotopic (exact) mass is 400 g/mol. The van der Waals surface area contributed by atoms with Crippen molar-refractivity contribution in [1.29, 1.82) is 0 Å². The van der Waals surface area contributed by atoms with Crippen molar-refractivity contribution < 1.29 is 12.8 Å². The number of hydrogen-bond donors (Lipinski definition) is 1. The number of hydrogen-bond acceptors (Lipinski definition) is 4. The molecule has 1 aliphatic rings. The topological polar surface area (TPSA) is 67.2 Å². The van der Waals surface area contributed by atoms with Gasteiger partial charge in [-0.3, -0.25) is 0 Å². The van der Waals surface area contributed by atoms with Crippen molar-refractivity contribution in [2.75, 3.05) is 18.4 Å². The predicted octanol–water partition coefficient (Wildman–Crippen LogP) is 2.83. The zero-order valence-corrected chi connectivity index (χ0v) is 16.2. The summed E-state index contributed by atoms with van der Waals surface area (Å²) in [5.74, 6) is -0.517. The van der Waals surface area contributed by atoms with Crippen LogP contribution < -0.4 is 5.32 Å². The van der Waals surface area contributed by atoms with E-state index in [1.807, 2.05) is 36.4 Å². The first kappa shape index (κ1) is 18.6. The first-order chi connectivity index (χ1) is 13.4. The summed E-state index contributed by atoms with van der Waals surface area (Å²) in [5.41, 5.74) is 1.66. The van der Waals surface area contributed by atoms with Crippen molar-refractivity contribution in [2.45, 2.75) is 17.0 Å². The van der Waals surface area contributed by atoms with E-state index in [0.29, 0.717) is 0 Å². The first-order valence-electron chi connectivity index (χ1n) is 8.98. The van der Waals surface area contributed by atoms with Crippen LogP contribution in [0, 0.1) is 5.82 Å². The maximum Gasteiger partial charge on any atom is 0.262 e. The van der Waals surface area contributed by atoms with E-state index in [0.717, 1.165) is 11.3 Å². The Morgan fingerprint density at radius 2 is 1.89 bits per heavy atom. The molecule has 3 aromatic rings. The van der Waals surface area contributed by atoms with Gasteiger partial charge in [0, 0.05) is 44.0 Å². The highest BCUT2D eigenvalue weighted by Crippen LogP contribution is 2.33. The number of aryl methyl sites for hydroxylation is 1. The fourth-order valence-electron chi connectivity index (χ4n) is 3.59. The molecular formula is C20H21FN4O2S. The maximum atomic E-state index is 13.8. The van der Waals surface area contributed by atoms with E-state index in [1.54, 1.807) is 17.7 Å². The van der Waals surface area contributed by atoms with Gasteiger partial charge in [-0.2, -0.15) is 4.31 Å². The van der Waals surface area contributed by atoms with Gasteiger partial charge in [-0.25, -0.2) is 17.8 Å². The lowest BCUT2D eigenvalue weighted by Gasteiger charge is -2.21. The van der Waals surface area contributed by atoms with Crippen molar-refractivity contribution in [3.63, 3.8) is 0 Å². The van der Waals surface area contributed by atoms with Crippen LogP contribution in [0.3, 0.4) is 0 Å². The Morgan fingerprint density at radius 3 is 2.57 bits per heavy atom. The third-order valence-corrected chi connectivity index (χ3v) is 6.69. The van der Waals surface area contributed by atoms with E-state index < -0.39 is 10.0 Å². The van der Waals surface area contributed by atoms with Gasteiger partial charge in [0.25, 0.3) is 10.0 Å². The Morgan fingerprint density at radius 1 is 1.11 bits per heavy atom. The number of rotatable bonds is 5. The van der Waals surface area contributed by atoms with E-state index >= 15 is 0 Å². The van der Waals surface area contributed by atoms with Crippen molar-refractivity contribution in [3.8, 4) is 0 Å². The summed E-state index contributed by atoms with van der Waals surface area (Å²) in [6, 6.07) is 15.8. The quantitative estimate of drug-likeness (QED) is 0.715. The molecule has 2 heterocycles. The predicted molar refractivity (Wildman–Crippen MR) is 105 cm³/mol. The molecule has 1 N–H and O–H groups in total. The van der Waals surface area contributed by atoms with Gasteiger partial charge in [0.15, 0.2) is 5.03 Å². The van der Waals surface area contributed by atoms with Crippen LogP contribution in [-0.4, -0.2) is 41.4 Å². The van der Waals surface area contributed by atoms with Gasteiger partial charge >= 0.3 is 0 Å². The minimum Gasteiger partial charge on any atom is -0.380 e. The van der Waals surface area contributed by atoms with Gasteiger partial charge in [0.05, 0.1) is 6.33 Å². The molecule has 2 atom stereocenters. The Kier molecular flexibility index (Phi) is 4.91. The van der Waals surface area contributed by atoms with Gasteiger partial charge in [0.2, 0.25) is 0 Å².